The first-order chi connectivity index (χ1) is 6.16. The lowest BCUT2D eigenvalue weighted by Gasteiger charge is -2.22. The molecule has 1 unspecified atom stereocenters. The molecule has 5 heteroatoms. The standard InChI is InChI=1S/C9H8ClNOS.ClH/c10-5-1-2-8-6(3-5)7(11)4-9(13)12-8;/h1-3,7H,4,11H2;1H. The first kappa shape index (κ1) is 11.7. The lowest BCUT2D eigenvalue weighted by atomic mass is 10.0. The van der Waals surface area contributed by atoms with Crippen molar-refractivity contribution in [3.8, 4) is 5.75 Å². The molecule has 1 atom stereocenters. The second kappa shape index (κ2) is 4.45. The van der Waals surface area contributed by atoms with Gasteiger partial charge in [-0.15, -0.1) is 12.4 Å². The van der Waals surface area contributed by atoms with Gasteiger partial charge in [-0.2, -0.15) is 0 Å². The van der Waals surface area contributed by atoms with Gasteiger partial charge in [-0.3, -0.25) is 0 Å². The third kappa shape index (κ3) is 2.17. The molecule has 2 rings (SSSR count). The summed E-state index contributed by atoms with van der Waals surface area (Å²) < 4.78 is 5.35. The summed E-state index contributed by atoms with van der Waals surface area (Å²) in [6.07, 6.45) is 0.586. The molecular weight excluding hydrogens is 241 g/mol. The minimum atomic E-state index is -0.0880. The number of fused-ring (bicyclic) bond motifs is 1. The Labute approximate surface area is 98.8 Å². The quantitative estimate of drug-likeness (QED) is 0.719. The maximum Gasteiger partial charge on any atom is 0.169 e. The van der Waals surface area contributed by atoms with E-state index in [1.807, 2.05) is 6.07 Å². The predicted molar refractivity (Wildman–Crippen MR) is 63.5 cm³/mol. The molecule has 1 heterocycles. The highest BCUT2D eigenvalue weighted by molar-refractivity contribution is 7.80. The second-order valence-electron chi connectivity index (χ2n) is 2.97. The third-order valence-corrected chi connectivity index (χ3v) is 2.47. The van der Waals surface area contributed by atoms with Gasteiger partial charge in [-0.1, -0.05) is 11.6 Å². The minimum absolute atomic E-state index is 0. The van der Waals surface area contributed by atoms with Crippen molar-refractivity contribution in [2.45, 2.75) is 12.5 Å². The fourth-order valence-corrected chi connectivity index (χ4v) is 1.81. The number of hydrogen-bond donors (Lipinski definition) is 1. The summed E-state index contributed by atoms with van der Waals surface area (Å²) in [4.78, 5) is 0. The molecule has 0 fully saturated rings. The molecule has 1 aliphatic rings. The van der Waals surface area contributed by atoms with Crippen LogP contribution in [0.5, 0.6) is 5.75 Å². The Bertz CT molecular complexity index is 370. The Morgan fingerprint density at radius 1 is 1.50 bits per heavy atom. The molecule has 14 heavy (non-hydrogen) atoms. The van der Waals surface area contributed by atoms with E-state index in [2.05, 4.69) is 0 Å². The van der Waals surface area contributed by atoms with Crippen molar-refractivity contribution in [2.75, 3.05) is 0 Å². The summed E-state index contributed by atoms with van der Waals surface area (Å²) in [5.41, 5.74) is 6.81. The molecule has 0 saturated heterocycles. The highest BCUT2D eigenvalue weighted by Crippen LogP contribution is 2.33. The molecule has 0 radical (unpaired) electrons. The van der Waals surface area contributed by atoms with E-state index in [1.165, 1.54) is 0 Å². The van der Waals surface area contributed by atoms with Crippen molar-refractivity contribution >= 4 is 41.3 Å². The number of ether oxygens (including phenoxy) is 1. The summed E-state index contributed by atoms with van der Waals surface area (Å²) in [6, 6.07) is 5.29. The molecular formula is C9H9Cl2NOS. The van der Waals surface area contributed by atoms with E-state index in [0.29, 0.717) is 16.5 Å². The van der Waals surface area contributed by atoms with Crippen LogP contribution in [0.15, 0.2) is 18.2 Å². The van der Waals surface area contributed by atoms with E-state index in [1.54, 1.807) is 12.1 Å². The summed E-state index contributed by atoms with van der Waals surface area (Å²) in [5, 5.41) is 1.22. The SMILES string of the molecule is Cl.NC1CC(=S)Oc2ccc(Cl)cc21. The summed E-state index contributed by atoms with van der Waals surface area (Å²) >= 11 is 10.8. The van der Waals surface area contributed by atoms with Gasteiger partial charge in [-0.25, -0.2) is 0 Å². The van der Waals surface area contributed by atoms with E-state index in [4.69, 9.17) is 34.3 Å². The predicted octanol–water partition coefficient (Wildman–Crippen LogP) is 2.87. The average Bonchev–Trinajstić information content (AvgIpc) is 2.06. The zero-order chi connectivity index (χ0) is 9.42. The molecule has 0 amide bonds. The summed E-state index contributed by atoms with van der Waals surface area (Å²) in [5.74, 6) is 0.730. The molecule has 0 saturated carbocycles. The number of rotatable bonds is 0. The van der Waals surface area contributed by atoms with Crippen molar-refractivity contribution in [2.24, 2.45) is 5.73 Å². The maximum absolute atomic E-state index is 5.88. The Hall–Kier alpha value is -0.350. The average molecular weight is 250 g/mol. The monoisotopic (exact) mass is 249 g/mol. The molecule has 0 bridgehead atoms. The van der Waals surface area contributed by atoms with Crippen molar-refractivity contribution in [1.29, 1.82) is 0 Å². The van der Waals surface area contributed by atoms with E-state index < -0.39 is 0 Å². The third-order valence-electron chi connectivity index (χ3n) is 1.98. The molecule has 76 valence electrons. The van der Waals surface area contributed by atoms with E-state index in [0.717, 1.165) is 11.3 Å². The van der Waals surface area contributed by atoms with Crippen LogP contribution in [0.4, 0.5) is 0 Å². The topological polar surface area (TPSA) is 35.2 Å². The lowest BCUT2D eigenvalue weighted by Crippen LogP contribution is -2.23. The highest BCUT2D eigenvalue weighted by atomic mass is 35.5. The zero-order valence-electron chi connectivity index (χ0n) is 7.20. The van der Waals surface area contributed by atoms with Crippen molar-refractivity contribution in [1.82, 2.24) is 0 Å². The maximum atomic E-state index is 5.88. The Balaban J connectivity index is 0.000000980. The van der Waals surface area contributed by atoms with Crippen LogP contribution >= 0.6 is 36.2 Å². The van der Waals surface area contributed by atoms with Gasteiger partial charge in [0.15, 0.2) is 5.05 Å². The normalized spacial score (nSPS) is 19.3. The van der Waals surface area contributed by atoms with Crippen LogP contribution in [0.1, 0.15) is 18.0 Å². The van der Waals surface area contributed by atoms with Crippen LogP contribution in [0.25, 0.3) is 0 Å². The Morgan fingerprint density at radius 3 is 2.93 bits per heavy atom. The highest BCUT2D eigenvalue weighted by Gasteiger charge is 2.21. The van der Waals surface area contributed by atoms with Crippen molar-refractivity contribution < 1.29 is 4.74 Å². The fraction of sp³-hybridized carbons (Fsp3) is 0.222. The van der Waals surface area contributed by atoms with Gasteiger partial charge in [0, 0.05) is 23.0 Å². The number of nitrogens with two attached hydrogens (primary N) is 1. The molecule has 1 aromatic carbocycles. The van der Waals surface area contributed by atoms with Crippen LogP contribution in [0.3, 0.4) is 0 Å². The first-order valence-corrected chi connectivity index (χ1v) is 4.71. The second-order valence-corrected chi connectivity index (χ2v) is 3.86. The Morgan fingerprint density at radius 2 is 2.21 bits per heavy atom. The van der Waals surface area contributed by atoms with E-state index in [9.17, 15) is 0 Å². The number of thiocarbonyl (C=S) groups is 1. The molecule has 0 spiro atoms. The largest absolute Gasteiger partial charge is 0.450 e. The summed E-state index contributed by atoms with van der Waals surface area (Å²) in [7, 11) is 0. The molecule has 1 aliphatic heterocycles. The smallest absolute Gasteiger partial charge is 0.169 e. The number of halogens is 2. The van der Waals surface area contributed by atoms with Crippen molar-refractivity contribution in [3.05, 3.63) is 28.8 Å². The van der Waals surface area contributed by atoms with Gasteiger partial charge in [0.25, 0.3) is 0 Å². The van der Waals surface area contributed by atoms with Crippen LogP contribution in [0.2, 0.25) is 5.02 Å². The molecule has 0 aromatic heterocycles. The van der Waals surface area contributed by atoms with Gasteiger partial charge in [0.1, 0.15) is 5.75 Å². The number of hydrogen-bond acceptors (Lipinski definition) is 3. The van der Waals surface area contributed by atoms with E-state index >= 15 is 0 Å². The van der Waals surface area contributed by atoms with Gasteiger partial charge >= 0.3 is 0 Å². The fourth-order valence-electron chi connectivity index (χ4n) is 1.36. The van der Waals surface area contributed by atoms with Crippen LogP contribution < -0.4 is 10.5 Å². The van der Waals surface area contributed by atoms with Gasteiger partial charge in [0.2, 0.25) is 0 Å². The van der Waals surface area contributed by atoms with Crippen LogP contribution in [-0.4, -0.2) is 5.05 Å². The van der Waals surface area contributed by atoms with Gasteiger partial charge in [0.05, 0.1) is 0 Å². The molecule has 1 aromatic rings. The van der Waals surface area contributed by atoms with E-state index in [-0.39, 0.29) is 18.4 Å². The number of benzene rings is 1. The zero-order valence-corrected chi connectivity index (χ0v) is 9.59. The minimum Gasteiger partial charge on any atom is -0.450 e. The summed E-state index contributed by atoms with van der Waals surface area (Å²) in [6.45, 7) is 0. The van der Waals surface area contributed by atoms with Crippen LogP contribution in [0, 0.1) is 0 Å². The van der Waals surface area contributed by atoms with Gasteiger partial charge < -0.3 is 10.5 Å². The molecule has 0 aliphatic carbocycles. The van der Waals surface area contributed by atoms with Crippen LogP contribution in [-0.2, 0) is 0 Å². The molecule has 2 nitrogen and oxygen atoms in total. The first-order valence-electron chi connectivity index (χ1n) is 3.92. The Kier molecular flexibility index (Phi) is 3.72. The molecule has 2 N–H and O–H groups in total. The van der Waals surface area contributed by atoms with Gasteiger partial charge in [-0.05, 0) is 30.4 Å². The van der Waals surface area contributed by atoms with Crippen molar-refractivity contribution in [3.63, 3.8) is 0 Å². The lowest BCUT2D eigenvalue weighted by molar-refractivity contribution is 0.489.